The quantitative estimate of drug-likeness (QED) is 0.0676. The molecule has 0 aromatic rings. The van der Waals surface area contributed by atoms with Crippen LogP contribution in [0, 0.1) is 0 Å². The number of unbranched alkanes of at least 4 members (excludes halogenated alkanes) is 26. The van der Waals surface area contributed by atoms with E-state index in [9.17, 15) is 5.11 Å². The first-order valence-electron chi connectivity index (χ1n) is 20.1. The molecule has 0 saturated carbocycles. The fourth-order valence-corrected chi connectivity index (χ4v) is 6.03. The molecule has 0 aromatic carbocycles. The van der Waals surface area contributed by atoms with Crippen LogP contribution >= 0.6 is 0 Å². The first kappa shape index (κ1) is 44.8. The molecule has 0 spiro atoms. The summed E-state index contributed by atoms with van der Waals surface area (Å²) in [5.74, 6) is 0. The molecule has 0 aliphatic rings. The maximum Gasteiger partial charge on any atom is 0.106 e. The zero-order valence-electron chi connectivity index (χ0n) is 31.1. The van der Waals surface area contributed by atoms with Crippen molar-refractivity contribution in [2.75, 3.05) is 40.1 Å². The van der Waals surface area contributed by atoms with Crippen LogP contribution in [0.4, 0.5) is 0 Å². The number of hydrogen-bond donors (Lipinski definition) is 1. The molecule has 0 saturated heterocycles. The summed E-state index contributed by atoms with van der Waals surface area (Å²) in [5, 5.41) is 9.83. The summed E-state index contributed by atoms with van der Waals surface area (Å²) >= 11 is 0. The molecule has 45 heavy (non-hydrogen) atoms. The number of hydrogen-bond acceptors (Lipinski definition) is 5. The molecule has 5 heteroatoms. The van der Waals surface area contributed by atoms with E-state index in [0.29, 0.717) is 19.8 Å². The van der Waals surface area contributed by atoms with Gasteiger partial charge in [-0.1, -0.05) is 181 Å². The molecule has 0 radical (unpaired) electrons. The minimum atomic E-state index is -0.291. The highest BCUT2D eigenvalue weighted by atomic mass is 16.6. The van der Waals surface area contributed by atoms with E-state index < -0.39 is 0 Å². The molecule has 0 heterocycles. The van der Waals surface area contributed by atoms with E-state index in [1.54, 1.807) is 7.11 Å². The molecule has 0 bridgehead atoms. The number of methoxy groups -OCH3 is 1. The molecule has 0 aliphatic heterocycles. The summed E-state index contributed by atoms with van der Waals surface area (Å²) in [7, 11) is 1.71. The maximum atomic E-state index is 9.83. The average molecular weight is 643 g/mol. The molecule has 1 N–H and O–H groups in total. The van der Waals surface area contributed by atoms with Crippen LogP contribution in [0.15, 0.2) is 0 Å². The number of aliphatic hydroxyl groups excluding tert-OH is 1. The van der Waals surface area contributed by atoms with E-state index in [4.69, 9.17) is 18.9 Å². The molecule has 0 rings (SSSR count). The Kier molecular flexibility index (Phi) is 38.1. The molecule has 0 fully saturated rings. The van der Waals surface area contributed by atoms with Crippen LogP contribution in [-0.4, -0.2) is 63.6 Å². The zero-order valence-corrected chi connectivity index (χ0v) is 31.1. The zero-order chi connectivity index (χ0) is 32.9. The van der Waals surface area contributed by atoms with Gasteiger partial charge in [0.2, 0.25) is 0 Å². The Morgan fingerprint density at radius 1 is 0.444 bits per heavy atom. The van der Waals surface area contributed by atoms with E-state index in [1.165, 1.54) is 167 Å². The molecule has 3 atom stereocenters. The summed E-state index contributed by atoms with van der Waals surface area (Å²) in [6.45, 7) is 9.01. The fourth-order valence-electron chi connectivity index (χ4n) is 6.03. The lowest BCUT2D eigenvalue weighted by Gasteiger charge is -2.25. The summed E-state index contributed by atoms with van der Waals surface area (Å²) in [6.07, 6.45) is 37.5. The van der Waals surface area contributed by atoms with Crippen LogP contribution < -0.4 is 0 Å². The van der Waals surface area contributed by atoms with E-state index >= 15 is 0 Å². The second-order valence-corrected chi connectivity index (χ2v) is 13.8. The van der Waals surface area contributed by atoms with Crippen LogP contribution in [-0.2, 0) is 18.9 Å². The molecular formula is C40H82O5. The summed E-state index contributed by atoms with van der Waals surface area (Å²) in [6, 6.07) is 0. The topological polar surface area (TPSA) is 57.2 Å². The van der Waals surface area contributed by atoms with E-state index in [1.807, 2.05) is 6.92 Å². The van der Waals surface area contributed by atoms with Crippen LogP contribution in [0.3, 0.4) is 0 Å². The Hall–Kier alpha value is -0.200. The summed E-state index contributed by atoms with van der Waals surface area (Å²) in [5.41, 5.74) is 0. The van der Waals surface area contributed by atoms with Crippen molar-refractivity contribution in [1.29, 1.82) is 0 Å². The summed E-state index contributed by atoms with van der Waals surface area (Å²) < 4.78 is 23.4. The molecule has 0 aromatic heterocycles. The van der Waals surface area contributed by atoms with E-state index in [2.05, 4.69) is 13.8 Å². The maximum absolute atomic E-state index is 9.83. The van der Waals surface area contributed by atoms with Crippen molar-refractivity contribution in [2.45, 2.75) is 219 Å². The average Bonchev–Trinajstić information content (AvgIpc) is 3.05. The van der Waals surface area contributed by atoms with Crippen molar-refractivity contribution in [1.82, 2.24) is 0 Å². The summed E-state index contributed by atoms with van der Waals surface area (Å²) in [4.78, 5) is 0. The Morgan fingerprint density at radius 3 is 1.16 bits per heavy atom. The van der Waals surface area contributed by atoms with Gasteiger partial charge in [0.05, 0.1) is 25.9 Å². The van der Waals surface area contributed by atoms with E-state index in [-0.39, 0.29) is 24.9 Å². The van der Waals surface area contributed by atoms with Gasteiger partial charge >= 0.3 is 0 Å². The van der Waals surface area contributed by atoms with Crippen LogP contribution in [0.1, 0.15) is 201 Å². The number of aliphatic hydroxyl groups is 1. The monoisotopic (exact) mass is 643 g/mol. The van der Waals surface area contributed by atoms with Crippen molar-refractivity contribution in [2.24, 2.45) is 0 Å². The highest BCUT2D eigenvalue weighted by Gasteiger charge is 2.19. The van der Waals surface area contributed by atoms with Crippen LogP contribution in [0.5, 0.6) is 0 Å². The van der Waals surface area contributed by atoms with Gasteiger partial charge < -0.3 is 24.1 Å². The lowest BCUT2D eigenvalue weighted by atomic mass is 10.0. The van der Waals surface area contributed by atoms with Gasteiger partial charge in [-0.05, 0) is 19.8 Å². The van der Waals surface area contributed by atoms with Crippen molar-refractivity contribution in [3.05, 3.63) is 0 Å². The van der Waals surface area contributed by atoms with Crippen molar-refractivity contribution in [3.63, 3.8) is 0 Å². The SMILES string of the molecule is CCCCCCCCCCCCCCCCOC[C@H](COC(C)C(CO)OCCCCCCCCCCCCCCCC)OC. The molecule has 0 amide bonds. The van der Waals surface area contributed by atoms with Crippen molar-refractivity contribution >= 4 is 0 Å². The number of ether oxygens (including phenoxy) is 4. The highest BCUT2D eigenvalue weighted by molar-refractivity contribution is 4.67. The van der Waals surface area contributed by atoms with Gasteiger partial charge in [0, 0.05) is 20.3 Å². The lowest BCUT2D eigenvalue weighted by Crippen LogP contribution is -2.36. The van der Waals surface area contributed by atoms with Crippen LogP contribution in [0.2, 0.25) is 0 Å². The minimum absolute atomic E-state index is 0.0208. The van der Waals surface area contributed by atoms with Crippen LogP contribution in [0.25, 0.3) is 0 Å². The van der Waals surface area contributed by atoms with Gasteiger partial charge in [-0.25, -0.2) is 0 Å². The fraction of sp³-hybridized carbons (Fsp3) is 1.00. The first-order valence-corrected chi connectivity index (χ1v) is 20.1. The van der Waals surface area contributed by atoms with Gasteiger partial charge in [0.15, 0.2) is 0 Å². The van der Waals surface area contributed by atoms with Gasteiger partial charge in [-0.2, -0.15) is 0 Å². The molecule has 0 aliphatic carbocycles. The Balaban J connectivity index is 3.59. The van der Waals surface area contributed by atoms with Gasteiger partial charge in [-0.3, -0.25) is 0 Å². The molecule has 272 valence electrons. The Bertz CT molecular complexity index is 531. The normalized spacial score (nSPS) is 13.8. The first-order chi connectivity index (χ1) is 22.2. The number of rotatable bonds is 39. The predicted octanol–water partition coefficient (Wildman–Crippen LogP) is 11.8. The van der Waals surface area contributed by atoms with Crippen molar-refractivity contribution < 1.29 is 24.1 Å². The van der Waals surface area contributed by atoms with Gasteiger partial charge in [0.1, 0.15) is 12.2 Å². The lowest BCUT2D eigenvalue weighted by molar-refractivity contribution is -0.114. The van der Waals surface area contributed by atoms with Gasteiger partial charge in [0.25, 0.3) is 0 Å². The highest BCUT2D eigenvalue weighted by Crippen LogP contribution is 2.15. The van der Waals surface area contributed by atoms with E-state index in [0.717, 1.165) is 19.4 Å². The van der Waals surface area contributed by atoms with Crippen molar-refractivity contribution in [3.8, 4) is 0 Å². The third kappa shape index (κ3) is 33.5. The molecule has 2 unspecified atom stereocenters. The predicted molar refractivity (Wildman–Crippen MR) is 194 cm³/mol. The standard InChI is InChI=1S/C40H82O5/c1-5-7-9-11-13-15-17-19-21-23-25-27-29-31-33-43-36-39(42-4)37-45-38(3)40(35-41)44-34-32-30-28-26-24-22-20-18-16-14-12-10-8-6-2/h38-41H,5-37H2,1-4H3/t38?,39-,40?/m1/s1. The Labute approximate surface area is 282 Å². The van der Waals surface area contributed by atoms with Gasteiger partial charge in [-0.15, -0.1) is 0 Å². The Morgan fingerprint density at radius 2 is 0.800 bits per heavy atom. The molecule has 5 nitrogen and oxygen atoms in total. The third-order valence-corrected chi connectivity index (χ3v) is 9.36. The second-order valence-electron chi connectivity index (χ2n) is 13.8. The smallest absolute Gasteiger partial charge is 0.106 e. The second kappa shape index (κ2) is 38.2. The third-order valence-electron chi connectivity index (χ3n) is 9.36. The largest absolute Gasteiger partial charge is 0.394 e. The minimum Gasteiger partial charge on any atom is -0.394 e. The molecular weight excluding hydrogens is 560 g/mol.